The van der Waals surface area contributed by atoms with Crippen molar-refractivity contribution in [3.05, 3.63) is 0 Å². The number of hydrogen-bond donors (Lipinski definition) is 1. The average Bonchev–Trinajstić information content (AvgIpc) is 2.39. The van der Waals surface area contributed by atoms with Gasteiger partial charge in [0.25, 0.3) is 0 Å². The molecule has 0 saturated carbocycles. The minimum absolute atomic E-state index is 0.309. The summed E-state index contributed by atoms with van der Waals surface area (Å²) in [6, 6.07) is 0. The lowest BCUT2D eigenvalue weighted by Gasteiger charge is -2.04. The number of aliphatic carboxylic acids is 1. The van der Waals surface area contributed by atoms with E-state index < -0.39 is 12.1 Å². The van der Waals surface area contributed by atoms with Crippen LogP contribution in [0.2, 0.25) is 0 Å². The highest BCUT2D eigenvalue weighted by atomic mass is 79.9. The standard InChI is InChI=1S/C15H28BrFO2/c16-13-14(17)11-9-7-5-3-1-2-4-6-8-10-12-15(18)19/h14H,1-13H2,(H,18,19)/t14-/m1/s1. The van der Waals surface area contributed by atoms with Gasteiger partial charge in [-0.3, -0.25) is 4.79 Å². The van der Waals surface area contributed by atoms with Crippen LogP contribution < -0.4 is 0 Å². The first-order valence-electron chi connectivity index (χ1n) is 7.58. The molecule has 0 aromatic carbocycles. The maximum atomic E-state index is 12.9. The number of carboxylic acid groups (broad SMARTS) is 1. The summed E-state index contributed by atoms with van der Waals surface area (Å²) in [5.74, 6) is -0.685. The number of carbonyl (C=O) groups is 1. The quantitative estimate of drug-likeness (QED) is 0.336. The maximum absolute atomic E-state index is 12.9. The largest absolute Gasteiger partial charge is 0.481 e. The fourth-order valence-electron chi connectivity index (χ4n) is 2.13. The van der Waals surface area contributed by atoms with Crippen LogP contribution in [0.15, 0.2) is 0 Å². The monoisotopic (exact) mass is 338 g/mol. The number of halogens is 2. The number of unbranched alkanes of at least 4 members (excludes halogenated alkanes) is 9. The van der Waals surface area contributed by atoms with Gasteiger partial charge >= 0.3 is 5.97 Å². The van der Waals surface area contributed by atoms with Gasteiger partial charge in [0.05, 0.1) is 0 Å². The Kier molecular flexibility index (Phi) is 14.2. The minimum Gasteiger partial charge on any atom is -0.481 e. The second-order valence-electron chi connectivity index (χ2n) is 5.22. The second-order valence-corrected chi connectivity index (χ2v) is 5.87. The average molecular weight is 339 g/mol. The summed E-state index contributed by atoms with van der Waals surface area (Å²) in [5.41, 5.74) is 0. The van der Waals surface area contributed by atoms with E-state index in [2.05, 4.69) is 15.9 Å². The van der Waals surface area contributed by atoms with Crippen LogP contribution in [-0.4, -0.2) is 22.6 Å². The van der Waals surface area contributed by atoms with E-state index in [9.17, 15) is 9.18 Å². The molecule has 4 heteroatoms. The molecule has 0 fully saturated rings. The number of carboxylic acids is 1. The van der Waals surface area contributed by atoms with E-state index in [4.69, 9.17) is 5.11 Å². The molecule has 1 atom stereocenters. The van der Waals surface area contributed by atoms with E-state index >= 15 is 0 Å². The number of alkyl halides is 2. The summed E-state index contributed by atoms with van der Waals surface area (Å²) in [7, 11) is 0. The van der Waals surface area contributed by atoms with Gasteiger partial charge in [0.15, 0.2) is 0 Å². The topological polar surface area (TPSA) is 37.3 Å². The molecule has 0 aromatic rings. The van der Waals surface area contributed by atoms with Gasteiger partial charge in [-0.15, -0.1) is 0 Å². The van der Waals surface area contributed by atoms with Crippen LogP contribution in [-0.2, 0) is 4.79 Å². The van der Waals surface area contributed by atoms with E-state index in [0.29, 0.717) is 18.2 Å². The zero-order valence-corrected chi connectivity index (χ0v) is 13.5. The van der Waals surface area contributed by atoms with Crippen LogP contribution in [0, 0.1) is 0 Å². The molecule has 0 unspecified atom stereocenters. The predicted molar refractivity (Wildman–Crippen MR) is 81.7 cm³/mol. The van der Waals surface area contributed by atoms with Crippen molar-refractivity contribution in [1.29, 1.82) is 0 Å². The highest BCUT2D eigenvalue weighted by molar-refractivity contribution is 9.09. The minimum atomic E-state index is -0.685. The molecule has 0 amide bonds. The molecule has 0 spiro atoms. The van der Waals surface area contributed by atoms with Gasteiger partial charge in [-0.1, -0.05) is 73.7 Å². The van der Waals surface area contributed by atoms with Crippen LogP contribution >= 0.6 is 15.9 Å². The van der Waals surface area contributed by atoms with Crippen LogP contribution in [0.25, 0.3) is 0 Å². The molecule has 0 bridgehead atoms. The normalized spacial score (nSPS) is 12.5. The van der Waals surface area contributed by atoms with Gasteiger partial charge in [0.2, 0.25) is 0 Å². The SMILES string of the molecule is O=C(O)CCCCCCCCCCCC[C@@H](F)CBr. The zero-order valence-electron chi connectivity index (χ0n) is 11.9. The van der Waals surface area contributed by atoms with Crippen LogP contribution in [0.1, 0.15) is 77.0 Å². The van der Waals surface area contributed by atoms with Crippen molar-refractivity contribution < 1.29 is 14.3 Å². The molecule has 0 aromatic heterocycles. The van der Waals surface area contributed by atoms with Crippen molar-refractivity contribution in [2.45, 2.75) is 83.2 Å². The van der Waals surface area contributed by atoms with Crippen molar-refractivity contribution in [3.63, 3.8) is 0 Å². The molecule has 114 valence electrons. The third-order valence-corrected chi connectivity index (χ3v) is 4.03. The molecule has 0 saturated heterocycles. The van der Waals surface area contributed by atoms with Gasteiger partial charge in [-0.25, -0.2) is 4.39 Å². The van der Waals surface area contributed by atoms with E-state index in [0.717, 1.165) is 32.1 Å². The predicted octanol–water partition coefficient (Wildman–Crippen LogP) is 5.49. The Morgan fingerprint density at radius 2 is 1.32 bits per heavy atom. The van der Waals surface area contributed by atoms with Crippen molar-refractivity contribution in [3.8, 4) is 0 Å². The first kappa shape index (κ1) is 18.9. The third-order valence-electron chi connectivity index (χ3n) is 3.33. The summed E-state index contributed by atoms with van der Waals surface area (Å²) in [4.78, 5) is 10.3. The smallest absolute Gasteiger partial charge is 0.303 e. The van der Waals surface area contributed by atoms with E-state index in [1.165, 1.54) is 32.1 Å². The highest BCUT2D eigenvalue weighted by Gasteiger charge is 2.02. The van der Waals surface area contributed by atoms with Gasteiger partial charge in [0.1, 0.15) is 6.17 Å². The van der Waals surface area contributed by atoms with Crippen molar-refractivity contribution in [1.82, 2.24) is 0 Å². The first-order valence-corrected chi connectivity index (χ1v) is 8.70. The summed E-state index contributed by atoms with van der Waals surface area (Å²) < 4.78 is 12.9. The van der Waals surface area contributed by atoms with Gasteiger partial charge in [-0.05, 0) is 12.8 Å². The molecule has 2 nitrogen and oxygen atoms in total. The number of rotatable bonds is 14. The fraction of sp³-hybridized carbons (Fsp3) is 0.933. The van der Waals surface area contributed by atoms with Gasteiger partial charge in [0, 0.05) is 11.8 Å². The Bertz CT molecular complexity index is 212. The highest BCUT2D eigenvalue weighted by Crippen LogP contribution is 2.13. The van der Waals surface area contributed by atoms with E-state index in [-0.39, 0.29) is 0 Å². The van der Waals surface area contributed by atoms with Gasteiger partial charge in [-0.2, -0.15) is 0 Å². The molecule has 0 aliphatic rings. The molecule has 1 N–H and O–H groups in total. The summed E-state index contributed by atoms with van der Waals surface area (Å²) >= 11 is 3.14. The third kappa shape index (κ3) is 15.8. The zero-order chi connectivity index (χ0) is 14.3. The lowest BCUT2D eigenvalue weighted by Crippen LogP contribution is -2.00. The molecular weight excluding hydrogens is 311 g/mol. The van der Waals surface area contributed by atoms with Crippen LogP contribution in [0.5, 0.6) is 0 Å². The molecule has 0 rings (SSSR count). The lowest BCUT2D eigenvalue weighted by molar-refractivity contribution is -0.137. The summed E-state index contributed by atoms with van der Waals surface area (Å²) in [5, 5.41) is 8.95. The second kappa shape index (κ2) is 14.3. The summed E-state index contributed by atoms with van der Waals surface area (Å²) in [6.07, 6.45) is 11.7. The van der Waals surface area contributed by atoms with E-state index in [1.54, 1.807) is 0 Å². The Balaban J connectivity index is 3.01. The Morgan fingerprint density at radius 3 is 1.74 bits per heavy atom. The number of hydrogen-bond acceptors (Lipinski definition) is 1. The Labute approximate surface area is 125 Å². The first-order chi connectivity index (χ1) is 9.16. The molecule has 19 heavy (non-hydrogen) atoms. The molecule has 0 heterocycles. The fourth-order valence-corrected chi connectivity index (χ4v) is 2.46. The van der Waals surface area contributed by atoms with Crippen LogP contribution in [0.3, 0.4) is 0 Å². The lowest BCUT2D eigenvalue weighted by atomic mass is 10.0. The van der Waals surface area contributed by atoms with Gasteiger partial charge < -0.3 is 5.11 Å². The maximum Gasteiger partial charge on any atom is 0.303 e. The van der Waals surface area contributed by atoms with E-state index in [1.807, 2.05) is 0 Å². The molecular formula is C15H28BrFO2. The Morgan fingerprint density at radius 1 is 0.895 bits per heavy atom. The van der Waals surface area contributed by atoms with Crippen LogP contribution in [0.4, 0.5) is 4.39 Å². The Hall–Kier alpha value is -0.120. The molecule has 0 aliphatic heterocycles. The van der Waals surface area contributed by atoms with Crippen molar-refractivity contribution >= 4 is 21.9 Å². The molecule has 0 aliphatic carbocycles. The summed E-state index contributed by atoms with van der Waals surface area (Å²) in [6.45, 7) is 0. The molecule has 0 radical (unpaired) electrons. The van der Waals surface area contributed by atoms with Crippen molar-refractivity contribution in [2.75, 3.05) is 5.33 Å². The van der Waals surface area contributed by atoms with Crippen molar-refractivity contribution in [2.24, 2.45) is 0 Å².